The predicted octanol–water partition coefficient (Wildman–Crippen LogP) is 2.19. The minimum Gasteiger partial charge on any atom is -0.339 e. The molecule has 9 nitrogen and oxygen atoms in total. The van der Waals surface area contributed by atoms with Crippen molar-refractivity contribution in [1.82, 2.24) is 24.3 Å². The first-order valence-electron chi connectivity index (χ1n) is 10.7. The van der Waals surface area contributed by atoms with Crippen molar-refractivity contribution in [2.45, 2.75) is 25.9 Å². The second-order valence-corrected chi connectivity index (χ2v) is 8.31. The summed E-state index contributed by atoms with van der Waals surface area (Å²) in [6.07, 6.45) is 6.26. The maximum absolute atomic E-state index is 13.4. The number of nitrogens with zero attached hydrogens (tertiary/aromatic N) is 7. The molecule has 9 heteroatoms. The van der Waals surface area contributed by atoms with Crippen LogP contribution in [0.1, 0.15) is 28.0 Å². The van der Waals surface area contributed by atoms with E-state index >= 15 is 0 Å². The number of hydrogen-bond acceptors (Lipinski definition) is 7. The number of carbonyl (C=O) groups is 1. The fourth-order valence-corrected chi connectivity index (χ4v) is 4.56. The van der Waals surface area contributed by atoms with Crippen molar-refractivity contribution in [3.8, 4) is 11.4 Å². The number of hydrogen-bond donors (Lipinski definition) is 1. The lowest BCUT2D eigenvalue weighted by molar-refractivity contribution is 0.0996. The third-order valence-electron chi connectivity index (χ3n) is 6.13. The van der Waals surface area contributed by atoms with Crippen LogP contribution in [0.25, 0.3) is 17.0 Å². The monoisotopic (exact) mass is 426 g/mol. The number of imidazole rings is 1. The molecule has 1 saturated heterocycles. The van der Waals surface area contributed by atoms with Crippen LogP contribution in [-0.4, -0.2) is 49.4 Å². The number of nitrogens with two attached hydrogens (primary N) is 1. The summed E-state index contributed by atoms with van der Waals surface area (Å²) in [5, 5.41) is 0. The molecular formula is C23H22N8O. The normalized spacial score (nSPS) is 18.1. The molecule has 0 radical (unpaired) electrons. The Hall–Kier alpha value is -3.85. The van der Waals surface area contributed by atoms with E-state index in [1.165, 1.54) is 0 Å². The van der Waals surface area contributed by atoms with Gasteiger partial charge in [-0.25, -0.2) is 9.97 Å². The largest absolute Gasteiger partial charge is 0.339 e. The third-order valence-corrected chi connectivity index (χ3v) is 6.13. The molecule has 2 N–H and O–H groups in total. The number of amides is 1. The standard InChI is InChI=1S/C23H22N8O/c1-14-11-20(28-23(27-14)29-9-6-15(24)12-29)31-13-17-16(22(31)32)5-7-26-21(17)18-3-2-4-19-25-8-10-30(18)19/h2-5,7-8,10-11,15H,6,9,12-13,24H2,1H3. The second-order valence-electron chi connectivity index (χ2n) is 8.31. The van der Waals surface area contributed by atoms with Gasteiger partial charge in [0.15, 0.2) is 0 Å². The maximum atomic E-state index is 13.4. The lowest BCUT2D eigenvalue weighted by Crippen LogP contribution is -2.29. The van der Waals surface area contributed by atoms with E-state index in [4.69, 9.17) is 10.7 Å². The van der Waals surface area contributed by atoms with Crippen LogP contribution >= 0.6 is 0 Å². The number of aromatic nitrogens is 5. The molecule has 0 aromatic carbocycles. The molecule has 4 aromatic rings. The quantitative estimate of drug-likeness (QED) is 0.535. The molecule has 32 heavy (non-hydrogen) atoms. The van der Waals surface area contributed by atoms with E-state index in [1.807, 2.05) is 41.8 Å². The van der Waals surface area contributed by atoms with Crippen molar-refractivity contribution in [1.29, 1.82) is 0 Å². The highest BCUT2D eigenvalue weighted by molar-refractivity contribution is 6.10. The molecule has 6 heterocycles. The van der Waals surface area contributed by atoms with Crippen molar-refractivity contribution in [2.24, 2.45) is 5.73 Å². The second kappa shape index (κ2) is 7.10. The lowest BCUT2D eigenvalue weighted by Gasteiger charge is -2.20. The van der Waals surface area contributed by atoms with Crippen molar-refractivity contribution in [3.63, 3.8) is 0 Å². The number of fused-ring (bicyclic) bond motifs is 2. The van der Waals surface area contributed by atoms with Gasteiger partial charge in [0.2, 0.25) is 5.95 Å². The Morgan fingerprint density at radius 2 is 2.03 bits per heavy atom. The minimum atomic E-state index is -0.0800. The van der Waals surface area contributed by atoms with Gasteiger partial charge in [-0.1, -0.05) is 6.07 Å². The summed E-state index contributed by atoms with van der Waals surface area (Å²) in [6.45, 7) is 3.87. The average Bonchev–Trinajstić information content (AvgIpc) is 3.52. The van der Waals surface area contributed by atoms with Gasteiger partial charge in [-0.3, -0.25) is 19.1 Å². The SMILES string of the molecule is Cc1cc(N2Cc3c(ccnc3-c3cccc4nccn34)C2=O)nc(N2CCC(N)C2)n1. The molecule has 0 saturated carbocycles. The topological polar surface area (TPSA) is 106 Å². The van der Waals surface area contributed by atoms with Crippen molar-refractivity contribution >= 4 is 23.3 Å². The fourth-order valence-electron chi connectivity index (χ4n) is 4.56. The molecule has 1 unspecified atom stereocenters. The van der Waals surface area contributed by atoms with E-state index in [1.54, 1.807) is 23.4 Å². The third kappa shape index (κ3) is 2.93. The smallest absolute Gasteiger partial charge is 0.260 e. The summed E-state index contributed by atoms with van der Waals surface area (Å²) >= 11 is 0. The summed E-state index contributed by atoms with van der Waals surface area (Å²) in [5.74, 6) is 1.14. The van der Waals surface area contributed by atoms with E-state index in [-0.39, 0.29) is 11.9 Å². The lowest BCUT2D eigenvalue weighted by atomic mass is 10.1. The van der Waals surface area contributed by atoms with Gasteiger partial charge in [-0.05, 0) is 31.5 Å². The van der Waals surface area contributed by atoms with Crippen molar-refractivity contribution < 1.29 is 4.79 Å². The van der Waals surface area contributed by atoms with Crippen LogP contribution in [0.3, 0.4) is 0 Å². The van der Waals surface area contributed by atoms with Crippen LogP contribution in [0.5, 0.6) is 0 Å². The number of rotatable bonds is 3. The van der Waals surface area contributed by atoms with Crippen molar-refractivity contribution in [3.05, 3.63) is 65.7 Å². The van der Waals surface area contributed by atoms with Crippen LogP contribution in [0.15, 0.2) is 48.9 Å². The predicted molar refractivity (Wildman–Crippen MR) is 121 cm³/mol. The van der Waals surface area contributed by atoms with Gasteiger partial charge >= 0.3 is 0 Å². The average molecular weight is 426 g/mol. The molecule has 2 aliphatic rings. The summed E-state index contributed by atoms with van der Waals surface area (Å²) in [7, 11) is 0. The van der Waals surface area contributed by atoms with E-state index in [0.29, 0.717) is 23.9 Å². The molecule has 0 bridgehead atoms. The Balaban J connectivity index is 1.41. The first-order chi connectivity index (χ1) is 15.6. The first kappa shape index (κ1) is 18.9. The number of anilines is 2. The molecule has 2 aliphatic heterocycles. The Kier molecular flexibility index (Phi) is 4.19. The number of aryl methyl sites for hydroxylation is 1. The summed E-state index contributed by atoms with van der Waals surface area (Å²) < 4.78 is 1.99. The summed E-state index contributed by atoms with van der Waals surface area (Å²) in [6, 6.07) is 9.65. The highest BCUT2D eigenvalue weighted by atomic mass is 16.2. The molecule has 0 spiro atoms. The van der Waals surface area contributed by atoms with Gasteiger partial charge in [0.1, 0.15) is 11.5 Å². The zero-order chi connectivity index (χ0) is 21.8. The van der Waals surface area contributed by atoms with Crippen LogP contribution in [0, 0.1) is 6.92 Å². The van der Waals surface area contributed by atoms with Gasteiger partial charge in [0.05, 0.1) is 17.9 Å². The summed E-state index contributed by atoms with van der Waals surface area (Å²) in [4.78, 5) is 35.5. The van der Waals surface area contributed by atoms with Gasteiger partial charge in [0, 0.05) is 60.6 Å². The minimum absolute atomic E-state index is 0.0800. The zero-order valence-electron chi connectivity index (χ0n) is 17.6. The number of pyridine rings is 2. The van der Waals surface area contributed by atoms with E-state index < -0.39 is 0 Å². The van der Waals surface area contributed by atoms with Crippen LogP contribution < -0.4 is 15.5 Å². The highest BCUT2D eigenvalue weighted by Crippen LogP contribution is 2.34. The molecule has 0 aliphatic carbocycles. The van der Waals surface area contributed by atoms with Gasteiger partial charge in [0.25, 0.3) is 5.91 Å². The highest BCUT2D eigenvalue weighted by Gasteiger charge is 2.33. The molecule has 6 rings (SSSR count). The Morgan fingerprint density at radius 3 is 2.88 bits per heavy atom. The zero-order valence-corrected chi connectivity index (χ0v) is 17.6. The van der Waals surface area contributed by atoms with E-state index in [0.717, 1.165) is 47.8 Å². The van der Waals surface area contributed by atoms with Crippen molar-refractivity contribution in [2.75, 3.05) is 22.9 Å². The summed E-state index contributed by atoms with van der Waals surface area (Å²) in [5.41, 5.74) is 10.9. The maximum Gasteiger partial charge on any atom is 0.260 e. The number of carbonyl (C=O) groups excluding carboxylic acids is 1. The van der Waals surface area contributed by atoms with Gasteiger partial charge in [-0.15, -0.1) is 0 Å². The molecule has 1 amide bonds. The van der Waals surface area contributed by atoms with Crippen LogP contribution in [-0.2, 0) is 6.54 Å². The molecule has 1 atom stereocenters. The molecule has 4 aromatic heterocycles. The molecular weight excluding hydrogens is 404 g/mol. The van der Waals surface area contributed by atoms with E-state index in [2.05, 4.69) is 19.9 Å². The molecule has 160 valence electrons. The van der Waals surface area contributed by atoms with Gasteiger partial charge in [-0.2, -0.15) is 4.98 Å². The van der Waals surface area contributed by atoms with Crippen LogP contribution in [0.2, 0.25) is 0 Å². The fraction of sp³-hybridized carbons (Fsp3) is 0.261. The van der Waals surface area contributed by atoms with Gasteiger partial charge < -0.3 is 10.6 Å². The van der Waals surface area contributed by atoms with Crippen LogP contribution in [0.4, 0.5) is 11.8 Å². The molecule has 1 fully saturated rings. The first-order valence-corrected chi connectivity index (χ1v) is 10.7. The Bertz CT molecular complexity index is 1360. The Labute approximate surface area is 184 Å². The Morgan fingerprint density at radius 1 is 1.12 bits per heavy atom. The van der Waals surface area contributed by atoms with E-state index in [9.17, 15) is 4.79 Å².